The van der Waals surface area contributed by atoms with Crippen molar-refractivity contribution in [1.82, 2.24) is 9.97 Å². The molecule has 1 aliphatic rings. The van der Waals surface area contributed by atoms with E-state index >= 15 is 0 Å². The molecular formula is C34H28N6O5S. The second-order valence-electron chi connectivity index (χ2n) is 10.7. The SMILES string of the molecule is CNc1ccc2nc(-c3ccc(Oc4ccc(C5Nc6ccc(NC(=O)c7ccccc7S(=O)(=O)O)cc6N5)cc4)cc3)[nH]c2c1. The van der Waals surface area contributed by atoms with Crippen molar-refractivity contribution < 1.29 is 22.5 Å². The summed E-state index contributed by atoms with van der Waals surface area (Å²) in [6.07, 6.45) is -0.220. The van der Waals surface area contributed by atoms with Gasteiger partial charge in [0.15, 0.2) is 0 Å². The maximum absolute atomic E-state index is 12.8. The van der Waals surface area contributed by atoms with Crippen LogP contribution in [0.4, 0.5) is 22.7 Å². The second kappa shape index (κ2) is 11.6. The minimum absolute atomic E-state index is 0.151. The number of fused-ring (bicyclic) bond motifs is 2. The van der Waals surface area contributed by atoms with Crippen molar-refractivity contribution in [3.8, 4) is 22.9 Å². The normalized spacial score (nSPS) is 13.8. The Hall–Kier alpha value is -5.85. The smallest absolute Gasteiger partial charge is 0.295 e. The van der Waals surface area contributed by atoms with Gasteiger partial charge in [-0.05, 0) is 90.5 Å². The molecule has 1 aliphatic heterocycles. The highest BCUT2D eigenvalue weighted by atomic mass is 32.2. The molecule has 6 aromatic rings. The number of benzene rings is 5. The molecule has 0 saturated heterocycles. The summed E-state index contributed by atoms with van der Waals surface area (Å²) in [6, 6.07) is 32.2. The van der Waals surface area contributed by atoms with Crippen LogP contribution in [0.5, 0.6) is 11.5 Å². The van der Waals surface area contributed by atoms with E-state index in [1.54, 1.807) is 12.1 Å². The molecule has 6 N–H and O–H groups in total. The molecule has 7 rings (SSSR count). The van der Waals surface area contributed by atoms with Gasteiger partial charge in [-0.3, -0.25) is 9.35 Å². The van der Waals surface area contributed by atoms with Crippen LogP contribution in [0.15, 0.2) is 114 Å². The number of hydrogen-bond donors (Lipinski definition) is 6. The molecule has 1 aromatic heterocycles. The zero-order valence-corrected chi connectivity index (χ0v) is 25.2. The summed E-state index contributed by atoms with van der Waals surface area (Å²) in [5.41, 5.74) is 6.71. The number of rotatable bonds is 8. The molecule has 1 unspecified atom stereocenters. The molecule has 0 bridgehead atoms. The van der Waals surface area contributed by atoms with Crippen molar-refractivity contribution in [2.24, 2.45) is 0 Å². The Morgan fingerprint density at radius 2 is 1.52 bits per heavy atom. The summed E-state index contributed by atoms with van der Waals surface area (Å²) < 4.78 is 39.0. The summed E-state index contributed by atoms with van der Waals surface area (Å²) in [6.45, 7) is 0. The standard InChI is InChI=1S/C34H28N6O5S/c1-35-22-10-16-27-29(18-22)39-32(37-27)20-6-12-24(13-7-20)45-25-14-8-21(9-15-25)33-38-28-17-11-23(19-30(28)40-33)36-34(41)26-4-2-3-5-31(26)46(42,43)44/h2-19,33,35,38,40H,1H3,(H,36,41)(H,37,39)(H,42,43,44). The van der Waals surface area contributed by atoms with Crippen LogP contribution < -0.4 is 26.0 Å². The first-order chi connectivity index (χ1) is 22.2. The van der Waals surface area contributed by atoms with Gasteiger partial charge in [0, 0.05) is 24.0 Å². The molecule has 1 amide bonds. The lowest BCUT2D eigenvalue weighted by molar-refractivity contribution is 0.102. The van der Waals surface area contributed by atoms with E-state index < -0.39 is 20.9 Å². The highest BCUT2D eigenvalue weighted by Gasteiger charge is 2.23. The minimum atomic E-state index is -4.56. The highest BCUT2D eigenvalue weighted by Crippen LogP contribution is 2.38. The van der Waals surface area contributed by atoms with E-state index in [0.717, 1.165) is 45.0 Å². The van der Waals surface area contributed by atoms with Crippen LogP contribution in [0.3, 0.4) is 0 Å². The number of amides is 1. The average molecular weight is 633 g/mol. The van der Waals surface area contributed by atoms with Gasteiger partial charge >= 0.3 is 0 Å². The zero-order valence-electron chi connectivity index (χ0n) is 24.4. The van der Waals surface area contributed by atoms with E-state index in [-0.39, 0.29) is 11.7 Å². The lowest BCUT2D eigenvalue weighted by Gasteiger charge is -2.14. The van der Waals surface area contributed by atoms with Crippen LogP contribution in [-0.4, -0.2) is 35.9 Å². The Kier molecular flexibility index (Phi) is 7.27. The molecule has 230 valence electrons. The lowest BCUT2D eigenvalue weighted by Crippen LogP contribution is -2.16. The molecule has 12 heteroatoms. The van der Waals surface area contributed by atoms with Crippen LogP contribution in [0.25, 0.3) is 22.4 Å². The van der Waals surface area contributed by atoms with Crippen LogP contribution in [0.1, 0.15) is 22.1 Å². The zero-order chi connectivity index (χ0) is 31.8. The Bertz CT molecular complexity index is 2200. The van der Waals surface area contributed by atoms with Gasteiger partial charge < -0.3 is 31.0 Å². The topological polar surface area (TPSA) is 157 Å². The number of ether oxygens (including phenoxy) is 1. The van der Waals surface area contributed by atoms with Gasteiger partial charge in [0.25, 0.3) is 16.0 Å². The number of hydrogen-bond acceptors (Lipinski definition) is 8. The second-order valence-corrected chi connectivity index (χ2v) is 12.1. The van der Waals surface area contributed by atoms with Gasteiger partial charge in [0.1, 0.15) is 28.4 Å². The fourth-order valence-electron chi connectivity index (χ4n) is 5.31. The van der Waals surface area contributed by atoms with Crippen LogP contribution in [0, 0.1) is 0 Å². The molecule has 0 radical (unpaired) electrons. The molecule has 2 heterocycles. The molecule has 0 aliphatic carbocycles. The molecule has 0 fully saturated rings. The van der Waals surface area contributed by atoms with Crippen LogP contribution in [-0.2, 0) is 10.1 Å². The number of carbonyl (C=O) groups excluding carboxylic acids is 1. The molecule has 11 nitrogen and oxygen atoms in total. The Balaban J connectivity index is 0.989. The van der Waals surface area contributed by atoms with Crippen molar-refractivity contribution >= 4 is 49.8 Å². The van der Waals surface area contributed by atoms with Gasteiger partial charge in [0.05, 0.1) is 28.0 Å². The summed E-state index contributed by atoms with van der Waals surface area (Å²) in [4.78, 5) is 20.4. The number of imidazole rings is 1. The summed E-state index contributed by atoms with van der Waals surface area (Å²) in [5.74, 6) is 1.52. The molecule has 0 spiro atoms. The third-order valence-electron chi connectivity index (χ3n) is 7.63. The third kappa shape index (κ3) is 5.82. The van der Waals surface area contributed by atoms with Gasteiger partial charge in [-0.2, -0.15) is 8.42 Å². The molecular weight excluding hydrogens is 604 g/mol. The summed E-state index contributed by atoms with van der Waals surface area (Å²) in [7, 11) is -2.67. The first kappa shape index (κ1) is 28.9. The minimum Gasteiger partial charge on any atom is -0.457 e. The van der Waals surface area contributed by atoms with Gasteiger partial charge in [-0.25, -0.2) is 4.98 Å². The number of aromatic amines is 1. The fourth-order valence-corrected chi connectivity index (χ4v) is 5.99. The molecule has 5 aromatic carbocycles. The quantitative estimate of drug-likeness (QED) is 0.0963. The number of nitrogens with one attached hydrogen (secondary N) is 5. The Morgan fingerprint density at radius 1 is 0.826 bits per heavy atom. The van der Waals surface area contributed by atoms with Crippen molar-refractivity contribution in [2.75, 3.05) is 28.3 Å². The largest absolute Gasteiger partial charge is 0.457 e. The summed E-state index contributed by atoms with van der Waals surface area (Å²) in [5, 5.41) is 12.6. The van der Waals surface area contributed by atoms with Crippen LogP contribution in [0.2, 0.25) is 0 Å². The molecule has 1 atom stereocenters. The van der Waals surface area contributed by atoms with E-state index in [1.165, 1.54) is 24.3 Å². The highest BCUT2D eigenvalue weighted by molar-refractivity contribution is 7.86. The maximum atomic E-state index is 12.8. The van der Waals surface area contributed by atoms with Crippen LogP contribution >= 0.6 is 0 Å². The number of H-pyrrole nitrogens is 1. The third-order valence-corrected chi connectivity index (χ3v) is 8.55. The van der Waals surface area contributed by atoms with Gasteiger partial charge in [-0.15, -0.1) is 0 Å². The molecule has 0 saturated carbocycles. The number of aromatic nitrogens is 2. The predicted molar refractivity (Wildman–Crippen MR) is 178 cm³/mol. The average Bonchev–Trinajstić information content (AvgIpc) is 3.69. The van der Waals surface area contributed by atoms with E-state index in [2.05, 4.69) is 26.3 Å². The lowest BCUT2D eigenvalue weighted by atomic mass is 10.1. The van der Waals surface area contributed by atoms with Crippen molar-refractivity contribution in [2.45, 2.75) is 11.1 Å². The van der Waals surface area contributed by atoms with Gasteiger partial charge in [-0.1, -0.05) is 24.3 Å². The number of carbonyl (C=O) groups is 1. The fraction of sp³-hybridized carbons (Fsp3) is 0.0588. The van der Waals surface area contributed by atoms with E-state index in [1.807, 2.05) is 79.8 Å². The number of nitrogens with zero attached hydrogens (tertiary/aromatic N) is 1. The predicted octanol–water partition coefficient (Wildman–Crippen LogP) is 7.10. The maximum Gasteiger partial charge on any atom is 0.295 e. The summed E-state index contributed by atoms with van der Waals surface area (Å²) >= 11 is 0. The van der Waals surface area contributed by atoms with Crippen molar-refractivity contribution in [1.29, 1.82) is 0 Å². The van der Waals surface area contributed by atoms with E-state index in [0.29, 0.717) is 17.2 Å². The Labute approximate surface area is 264 Å². The van der Waals surface area contributed by atoms with Crippen molar-refractivity contribution in [3.63, 3.8) is 0 Å². The number of anilines is 4. The van der Waals surface area contributed by atoms with E-state index in [4.69, 9.17) is 9.72 Å². The van der Waals surface area contributed by atoms with E-state index in [9.17, 15) is 17.8 Å². The monoisotopic (exact) mass is 632 g/mol. The van der Waals surface area contributed by atoms with Crippen molar-refractivity contribution in [3.05, 3.63) is 120 Å². The first-order valence-corrected chi connectivity index (χ1v) is 15.8. The van der Waals surface area contributed by atoms with Gasteiger partial charge in [0.2, 0.25) is 0 Å². The molecule has 46 heavy (non-hydrogen) atoms. The Morgan fingerprint density at radius 3 is 2.26 bits per heavy atom. The first-order valence-electron chi connectivity index (χ1n) is 14.3.